The zero-order chi connectivity index (χ0) is 10.0. The Hall–Kier alpha value is -1.09. The summed E-state index contributed by atoms with van der Waals surface area (Å²) >= 11 is 5.58. The van der Waals surface area contributed by atoms with Gasteiger partial charge >= 0.3 is 0 Å². The molecule has 1 unspecified atom stereocenters. The van der Waals surface area contributed by atoms with Gasteiger partial charge in [0.05, 0.1) is 5.38 Å². The Balaban J connectivity index is 3.09. The lowest BCUT2D eigenvalue weighted by molar-refractivity contribution is 0.0992. The molecule has 70 valence electrons. The van der Waals surface area contributed by atoms with Gasteiger partial charge in [0.25, 0.3) is 0 Å². The number of benzene rings is 1. The van der Waals surface area contributed by atoms with Crippen LogP contribution in [-0.2, 0) is 0 Å². The molecule has 0 aliphatic heterocycles. The van der Waals surface area contributed by atoms with E-state index in [4.69, 9.17) is 17.3 Å². The molecule has 0 aromatic heterocycles. The molecule has 2 nitrogen and oxygen atoms in total. The summed E-state index contributed by atoms with van der Waals surface area (Å²) in [6.45, 7) is 1.55. The van der Waals surface area contributed by atoms with Crippen molar-refractivity contribution in [2.24, 2.45) is 0 Å². The lowest BCUT2D eigenvalue weighted by atomic mass is 10.1. The quantitative estimate of drug-likeness (QED) is 0.453. The van der Waals surface area contributed by atoms with Crippen LogP contribution in [0, 0.1) is 5.82 Å². The highest BCUT2D eigenvalue weighted by Crippen LogP contribution is 2.16. The highest BCUT2D eigenvalue weighted by molar-refractivity contribution is 6.34. The number of carbonyl (C=O) groups is 1. The zero-order valence-corrected chi connectivity index (χ0v) is 7.81. The van der Waals surface area contributed by atoms with E-state index in [9.17, 15) is 9.18 Å². The highest BCUT2D eigenvalue weighted by Gasteiger charge is 2.15. The fraction of sp³-hybridized carbons (Fsp3) is 0.222. The molecule has 0 heterocycles. The van der Waals surface area contributed by atoms with Crippen molar-refractivity contribution in [1.29, 1.82) is 0 Å². The van der Waals surface area contributed by atoms with E-state index in [0.717, 1.165) is 6.07 Å². The minimum atomic E-state index is -0.646. The Labute approximate surface area is 80.5 Å². The van der Waals surface area contributed by atoms with Crippen molar-refractivity contribution < 1.29 is 9.18 Å². The maximum atomic E-state index is 12.6. The molecular formula is C9H9ClFNO. The van der Waals surface area contributed by atoms with Crippen LogP contribution in [0.5, 0.6) is 0 Å². The molecule has 1 rings (SSSR count). The maximum absolute atomic E-state index is 12.6. The van der Waals surface area contributed by atoms with E-state index in [2.05, 4.69) is 0 Å². The number of carbonyl (C=O) groups excluding carboxylic acids is 1. The number of anilines is 1. The van der Waals surface area contributed by atoms with Gasteiger partial charge in [-0.1, -0.05) is 0 Å². The molecule has 0 radical (unpaired) electrons. The van der Waals surface area contributed by atoms with Crippen molar-refractivity contribution in [1.82, 2.24) is 0 Å². The topological polar surface area (TPSA) is 43.1 Å². The average Bonchev–Trinajstić information content (AvgIpc) is 2.03. The van der Waals surface area contributed by atoms with Crippen molar-refractivity contribution in [3.8, 4) is 0 Å². The van der Waals surface area contributed by atoms with Gasteiger partial charge in [-0.2, -0.15) is 0 Å². The fourth-order valence-corrected chi connectivity index (χ4v) is 1.09. The molecule has 2 N–H and O–H groups in total. The molecule has 0 aliphatic rings. The number of nitrogen functional groups attached to an aromatic ring is 1. The minimum Gasteiger partial charge on any atom is -0.398 e. The number of Topliss-reactive ketones (excluding diaryl/α,β-unsaturated/α-hetero) is 1. The van der Waals surface area contributed by atoms with E-state index >= 15 is 0 Å². The summed E-state index contributed by atoms with van der Waals surface area (Å²) < 4.78 is 12.6. The van der Waals surface area contributed by atoms with Crippen molar-refractivity contribution in [2.75, 3.05) is 5.73 Å². The normalized spacial score (nSPS) is 12.5. The van der Waals surface area contributed by atoms with E-state index in [1.54, 1.807) is 6.92 Å². The van der Waals surface area contributed by atoms with Gasteiger partial charge in [0.1, 0.15) is 5.82 Å². The standard InChI is InChI=1S/C9H9ClFNO/c1-5(10)9(13)7-3-2-6(11)4-8(7)12/h2-5H,12H2,1H3. The second-order valence-electron chi connectivity index (χ2n) is 2.71. The molecule has 1 aromatic rings. The van der Waals surface area contributed by atoms with Crippen molar-refractivity contribution in [3.63, 3.8) is 0 Å². The summed E-state index contributed by atoms with van der Waals surface area (Å²) in [5.74, 6) is -0.754. The summed E-state index contributed by atoms with van der Waals surface area (Å²) in [5, 5.41) is -0.646. The first-order valence-electron chi connectivity index (χ1n) is 3.75. The van der Waals surface area contributed by atoms with Crippen LogP contribution in [0.4, 0.5) is 10.1 Å². The number of alkyl halides is 1. The number of hydrogen-bond acceptors (Lipinski definition) is 2. The Bertz CT molecular complexity index is 338. The third-order valence-corrected chi connectivity index (χ3v) is 1.84. The van der Waals surface area contributed by atoms with E-state index in [1.807, 2.05) is 0 Å². The Morgan fingerprint density at radius 3 is 2.69 bits per heavy atom. The number of hydrogen-bond donors (Lipinski definition) is 1. The molecule has 0 amide bonds. The smallest absolute Gasteiger partial charge is 0.182 e. The molecule has 0 saturated heterocycles. The van der Waals surface area contributed by atoms with Gasteiger partial charge in [-0.05, 0) is 25.1 Å². The predicted octanol–water partition coefficient (Wildman–Crippen LogP) is 2.22. The van der Waals surface area contributed by atoms with Crippen molar-refractivity contribution in [3.05, 3.63) is 29.6 Å². The lowest BCUT2D eigenvalue weighted by Gasteiger charge is -2.05. The SMILES string of the molecule is CC(Cl)C(=O)c1ccc(F)cc1N. The minimum absolute atomic E-state index is 0.123. The van der Waals surface area contributed by atoms with Crippen LogP contribution in [0.1, 0.15) is 17.3 Å². The van der Waals surface area contributed by atoms with E-state index in [-0.39, 0.29) is 17.0 Å². The molecule has 0 aliphatic carbocycles. The first kappa shape index (κ1) is 9.99. The second-order valence-corrected chi connectivity index (χ2v) is 3.37. The summed E-state index contributed by atoms with van der Waals surface area (Å²) in [6.07, 6.45) is 0. The number of rotatable bonds is 2. The summed E-state index contributed by atoms with van der Waals surface area (Å²) in [5.41, 5.74) is 5.83. The molecule has 0 fully saturated rings. The molecule has 0 spiro atoms. The van der Waals surface area contributed by atoms with Gasteiger partial charge < -0.3 is 5.73 Å². The van der Waals surface area contributed by atoms with Crippen LogP contribution in [-0.4, -0.2) is 11.2 Å². The van der Waals surface area contributed by atoms with Crippen LogP contribution in [0.2, 0.25) is 0 Å². The molecule has 0 saturated carbocycles. The highest BCUT2D eigenvalue weighted by atomic mass is 35.5. The summed E-state index contributed by atoms with van der Waals surface area (Å²) in [6, 6.07) is 3.63. The summed E-state index contributed by atoms with van der Waals surface area (Å²) in [4.78, 5) is 11.3. The van der Waals surface area contributed by atoms with Crippen LogP contribution in [0.25, 0.3) is 0 Å². The van der Waals surface area contributed by atoms with E-state index in [1.165, 1.54) is 12.1 Å². The third kappa shape index (κ3) is 2.18. The van der Waals surface area contributed by atoms with Crippen molar-refractivity contribution >= 4 is 23.1 Å². The molecule has 4 heteroatoms. The maximum Gasteiger partial charge on any atom is 0.182 e. The third-order valence-electron chi connectivity index (χ3n) is 1.64. The molecule has 1 aromatic carbocycles. The van der Waals surface area contributed by atoms with Crippen LogP contribution in [0.3, 0.4) is 0 Å². The largest absolute Gasteiger partial charge is 0.398 e. The van der Waals surface area contributed by atoms with Crippen LogP contribution in [0.15, 0.2) is 18.2 Å². The Kier molecular flexibility index (Phi) is 2.88. The van der Waals surface area contributed by atoms with Gasteiger partial charge in [0, 0.05) is 11.3 Å². The van der Waals surface area contributed by atoms with Gasteiger partial charge in [0.15, 0.2) is 5.78 Å². The van der Waals surface area contributed by atoms with Gasteiger partial charge in [-0.15, -0.1) is 11.6 Å². The Morgan fingerprint density at radius 1 is 1.62 bits per heavy atom. The van der Waals surface area contributed by atoms with Gasteiger partial charge in [-0.25, -0.2) is 4.39 Å². The molecule has 1 atom stereocenters. The first-order chi connectivity index (χ1) is 6.02. The van der Waals surface area contributed by atoms with E-state index in [0.29, 0.717) is 0 Å². The molecule has 13 heavy (non-hydrogen) atoms. The number of ketones is 1. The van der Waals surface area contributed by atoms with Crippen LogP contribution < -0.4 is 5.73 Å². The predicted molar refractivity (Wildman–Crippen MR) is 50.5 cm³/mol. The van der Waals surface area contributed by atoms with Crippen LogP contribution >= 0.6 is 11.6 Å². The first-order valence-corrected chi connectivity index (χ1v) is 4.19. The second kappa shape index (κ2) is 3.75. The van der Waals surface area contributed by atoms with Gasteiger partial charge in [0.2, 0.25) is 0 Å². The zero-order valence-electron chi connectivity index (χ0n) is 7.05. The monoisotopic (exact) mass is 201 g/mol. The molecular weight excluding hydrogens is 193 g/mol. The number of nitrogens with two attached hydrogens (primary N) is 1. The molecule has 0 bridgehead atoms. The van der Waals surface area contributed by atoms with E-state index < -0.39 is 11.2 Å². The fourth-order valence-electron chi connectivity index (χ4n) is 0.972. The average molecular weight is 202 g/mol. The Morgan fingerprint density at radius 2 is 2.23 bits per heavy atom. The van der Waals surface area contributed by atoms with Gasteiger partial charge in [-0.3, -0.25) is 4.79 Å². The lowest BCUT2D eigenvalue weighted by Crippen LogP contribution is -2.12. The summed E-state index contributed by atoms with van der Waals surface area (Å²) in [7, 11) is 0. The van der Waals surface area contributed by atoms with Crippen molar-refractivity contribution in [2.45, 2.75) is 12.3 Å². The number of halogens is 2.